The summed E-state index contributed by atoms with van der Waals surface area (Å²) >= 11 is 15.5. The number of fused-ring (bicyclic) bond motifs is 1. The van der Waals surface area contributed by atoms with Gasteiger partial charge in [-0.05, 0) is 53.5 Å². The molecule has 1 aromatic carbocycles. The fourth-order valence-corrected chi connectivity index (χ4v) is 4.39. The molecule has 34 heavy (non-hydrogen) atoms. The van der Waals surface area contributed by atoms with E-state index in [0.29, 0.717) is 21.1 Å². The van der Waals surface area contributed by atoms with Crippen LogP contribution in [0.1, 0.15) is 22.5 Å². The molecule has 0 atom stereocenters. The Hall–Kier alpha value is -2.63. The van der Waals surface area contributed by atoms with Crippen LogP contribution in [-0.2, 0) is 24.1 Å². The quantitative estimate of drug-likeness (QED) is 0.316. The summed E-state index contributed by atoms with van der Waals surface area (Å²) in [6.45, 7) is 2.89. The van der Waals surface area contributed by atoms with E-state index in [-0.39, 0.29) is 34.8 Å². The number of hydrogen-bond donors (Lipinski definition) is 1. The first-order valence-electron chi connectivity index (χ1n) is 9.81. The van der Waals surface area contributed by atoms with E-state index in [2.05, 4.69) is 36.4 Å². The van der Waals surface area contributed by atoms with Gasteiger partial charge in [-0.1, -0.05) is 29.3 Å². The molecule has 0 aliphatic rings. The molecular formula is C21H16BrCl2F3N6O. The van der Waals surface area contributed by atoms with Gasteiger partial charge >= 0.3 is 6.18 Å². The van der Waals surface area contributed by atoms with Crippen molar-refractivity contribution in [3.63, 3.8) is 0 Å². The molecule has 0 radical (unpaired) electrons. The first-order chi connectivity index (χ1) is 15.9. The Morgan fingerprint density at radius 3 is 2.59 bits per heavy atom. The maximum absolute atomic E-state index is 13.5. The van der Waals surface area contributed by atoms with E-state index in [0.717, 1.165) is 16.3 Å². The van der Waals surface area contributed by atoms with Gasteiger partial charge < -0.3 is 5.32 Å². The zero-order chi connectivity index (χ0) is 24.8. The van der Waals surface area contributed by atoms with Crippen LogP contribution in [0.25, 0.3) is 11.0 Å². The van der Waals surface area contributed by atoms with Crippen LogP contribution in [0.3, 0.4) is 0 Å². The fourth-order valence-electron chi connectivity index (χ4n) is 3.51. The number of nitrogens with zero attached hydrogens (tertiary/aromatic N) is 5. The summed E-state index contributed by atoms with van der Waals surface area (Å²) in [5.74, 6) is -0.292. The van der Waals surface area contributed by atoms with E-state index in [1.807, 2.05) is 0 Å². The van der Waals surface area contributed by atoms with Crippen molar-refractivity contribution in [1.82, 2.24) is 24.5 Å². The molecule has 0 saturated heterocycles. The summed E-state index contributed by atoms with van der Waals surface area (Å²) < 4.78 is 43.8. The van der Waals surface area contributed by atoms with Crippen LogP contribution in [0.15, 0.2) is 34.9 Å². The molecule has 7 nitrogen and oxygen atoms in total. The van der Waals surface area contributed by atoms with Gasteiger partial charge in [0, 0.05) is 21.9 Å². The van der Waals surface area contributed by atoms with Crippen LogP contribution in [0, 0.1) is 13.8 Å². The number of halogens is 6. The zero-order valence-electron chi connectivity index (χ0n) is 17.7. The molecule has 1 amide bonds. The minimum absolute atomic E-state index is 0.0121. The van der Waals surface area contributed by atoms with Gasteiger partial charge in [0.15, 0.2) is 11.5 Å². The van der Waals surface area contributed by atoms with Crippen molar-refractivity contribution in [3.05, 3.63) is 67.5 Å². The minimum Gasteiger partial charge on any atom is -0.307 e. The maximum atomic E-state index is 13.5. The van der Waals surface area contributed by atoms with E-state index in [1.165, 1.54) is 13.8 Å². The van der Waals surface area contributed by atoms with Gasteiger partial charge in [-0.3, -0.25) is 9.48 Å². The lowest BCUT2D eigenvalue weighted by Gasteiger charge is -2.10. The van der Waals surface area contributed by atoms with Gasteiger partial charge in [-0.25, -0.2) is 9.67 Å². The smallest absolute Gasteiger partial charge is 0.307 e. The molecule has 3 heterocycles. The molecule has 0 bridgehead atoms. The number of hydrogen-bond acceptors (Lipinski definition) is 4. The lowest BCUT2D eigenvalue weighted by atomic mass is 10.1. The molecule has 4 aromatic rings. The molecule has 3 aromatic heterocycles. The summed E-state index contributed by atoms with van der Waals surface area (Å²) in [7, 11) is 0. The predicted molar refractivity (Wildman–Crippen MR) is 126 cm³/mol. The number of aromatic nitrogens is 5. The van der Waals surface area contributed by atoms with Crippen LogP contribution in [-0.4, -0.2) is 30.5 Å². The topological polar surface area (TPSA) is 77.6 Å². The van der Waals surface area contributed by atoms with Crippen LogP contribution in [0.2, 0.25) is 10.0 Å². The van der Waals surface area contributed by atoms with E-state index < -0.39 is 17.6 Å². The van der Waals surface area contributed by atoms with Gasteiger partial charge in [0.1, 0.15) is 6.54 Å². The summed E-state index contributed by atoms with van der Waals surface area (Å²) in [5.41, 5.74) is 0.236. The van der Waals surface area contributed by atoms with Gasteiger partial charge in [-0.15, -0.1) is 0 Å². The minimum atomic E-state index is -4.57. The third kappa shape index (κ3) is 5.06. The first-order valence-corrected chi connectivity index (χ1v) is 11.4. The third-order valence-electron chi connectivity index (χ3n) is 4.93. The molecule has 1 N–H and O–H groups in total. The maximum Gasteiger partial charge on any atom is 0.417 e. The second-order valence-electron chi connectivity index (χ2n) is 7.56. The highest BCUT2D eigenvalue weighted by atomic mass is 79.9. The molecular weight excluding hydrogens is 560 g/mol. The lowest BCUT2D eigenvalue weighted by molar-refractivity contribution is -0.136. The van der Waals surface area contributed by atoms with Crippen molar-refractivity contribution in [2.75, 3.05) is 5.32 Å². The van der Waals surface area contributed by atoms with E-state index in [9.17, 15) is 18.0 Å². The largest absolute Gasteiger partial charge is 0.417 e. The number of carbonyl (C=O) groups excluding carboxylic acids is 1. The van der Waals surface area contributed by atoms with Crippen molar-refractivity contribution in [1.29, 1.82) is 0 Å². The molecule has 0 spiro atoms. The van der Waals surface area contributed by atoms with Crippen molar-refractivity contribution in [2.24, 2.45) is 0 Å². The zero-order valence-corrected chi connectivity index (χ0v) is 20.8. The highest BCUT2D eigenvalue weighted by Crippen LogP contribution is 2.36. The number of benzene rings is 1. The average Bonchev–Trinajstić information content (AvgIpc) is 3.21. The van der Waals surface area contributed by atoms with Gasteiger partial charge in [0.25, 0.3) is 0 Å². The molecule has 178 valence electrons. The number of carbonyl (C=O) groups is 1. The van der Waals surface area contributed by atoms with E-state index in [4.69, 9.17) is 23.2 Å². The summed E-state index contributed by atoms with van der Waals surface area (Å²) in [6.07, 6.45) is -2.91. The molecule has 0 aliphatic heterocycles. The number of amides is 1. The number of rotatable bonds is 5. The third-order valence-corrected chi connectivity index (χ3v) is 6.09. The molecule has 13 heteroatoms. The normalized spacial score (nSPS) is 11.9. The molecule has 4 rings (SSSR count). The molecule has 0 saturated carbocycles. The Balaban J connectivity index is 1.55. The second-order valence-corrected chi connectivity index (χ2v) is 9.26. The van der Waals surface area contributed by atoms with Crippen LogP contribution in [0.5, 0.6) is 0 Å². The first kappa shape index (κ1) is 24.5. The fraction of sp³-hybridized carbons (Fsp3) is 0.238. The SMILES string of the molecule is Cc1cc(C(F)(F)F)c2c(C)nn(CC(=O)Nc3nn(Cc4ccc(Cl)cc4Cl)cc3Br)c2n1. The Morgan fingerprint density at radius 2 is 1.91 bits per heavy atom. The Bertz CT molecular complexity index is 1420. The molecule has 0 aliphatic carbocycles. The van der Waals surface area contributed by atoms with Crippen LogP contribution < -0.4 is 5.32 Å². The second kappa shape index (κ2) is 9.20. The monoisotopic (exact) mass is 574 g/mol. The number of nitrogens with one attached hydrogen (secondary N) is 1. The number of aryl methyl sites for hydroxylation is 2. The van der Waals surface area contributed by atoms with E-state index in [1.54, 1.807) is 29.1 Å². The van der Waals surface area contributed by atoms with Gasteiger partial charge in [0.2, 0.25) is 5.91 Å². The highest BCUT2D eigenvalue weighted by molar-refractivity contribution is 9.10. The Kier molecular flexibility index (Phi) is 6.63. The summed E-state index contributed by atoms with van der Waals surface area (Å²) in [6, 6.07) is 6.07. The predicted octanol–water partition coefficient (Wildman–Crippen LogP) is 6.02. The summed E-state index contributed by atoms with van der Waals surface area (Å²) in [5, 5.41) is 11.9. The van der Waals surface area contributed by atoms with Crippen LogP contribution in [0.4, 0.5) is 19.0 Å². The van der Waals surface area contributed by atoms with Crippen molar-refractivity contribution < 1.29 is 18.0 Å². The number of anilines is 1. The van der Waals surface area contributed by atoms with Crippen molar-refractivity contribution in [2.45, 2.75) is 33.1 Å². The standard InChI is InChI=1S/C21H16BrCl2F3N6O/c1-10-5-14(21(25,26)27)18-11(2)30-33(20(18)28-10)9-17(34)29-19-15(22)8-32(31-19)7-12-3-4-13(23)6-16(12)24/h3-6,8H,7,9H2,1-2H3,(H,29,31,34). The van der Waals surface area contributed by atoms with Crippen LogP contribution >= 0.6 is 39.1 Å². The van der Waals surface area contributed by atoms with E-state index >= 15 is 0 Å². The molecule has 0 unspecified atom stereocenters. The number of alkyl halides is 3. The van der Waals surface area contributed by atoms with Crippen molar-refractivity contribution in [3.8, 4) is 0 Å². The lowest BCUT2D eigenvalue weighted by Crippen LogP contribution is -2.20. The number of pyridine rings is 1. The molecule has 0 fully saturated rings. The Labute approximate surface area is 210 Å². The van der Waals surface area contributed by atoms with Gasteiger partial charge in [-0.2, -0.15) is 23.4 Å². The summed E-state index contributed by atoms with van der Waals surface area (Å²) in [4.78, 5) is 16.9. The average molecular weight is 576 g/mol. The van der Waals surface area contributed by atoms with Crippen molar-refractivity contribution >= 4 is 61.9 Å². The Morgan fingerprint density at radius 1 is 1.18 bits per heavy atom. The highest BCUT2D eigenvalue weighted by Gasteiger charge is 2.35. The van der Waals surface area contributed by atoms with Gasteiger partial charge in [0.05, 0.1) is 27.7 Å².